The van der Waals surface area contributed by atoms with Crippen molar-refractivity contribution in [1.29, 1.82) is 0 Å². The maximum absolute atomic E-state index is 13.7. The van der Waals surface area contributed by atoms with E-state index < -0.39 is 83.6 Å². The van der Waals surface area contributed by atoms with Crippen molar-refractivity contribution >= 4 is 35.5 Å². The summed E-state index contributed by atoms with van der Waals surface area (Å²) in [6.45, 7) is 11.8. The molecule has 15 heteroatoms. The molecule has 1 heterocycles. The van der Waals surface area contributed by atoms with E-state index in [-0.39, 0.29) is 18.8 Å². The first-order chi connectivity index (χ1) is 22.5. The standard InChI is InChI=1S/C33H50N8O7/c1-17(2)25(34)30(44)37-20(7)28(42)40-26(18(3)4)31(45)38-23(14-22-15-35-16-36-22)29(43)41-27(19(5)6)32(46)39-24(33(47)48)13-21-11-9-8-10-12-21/h8-12,15-20,23-27H,13-14,34H2,1-7H3,(H,35,36)(H,37,44)(H,38,45)(H,39,46)(H,40,42)(H,41,43)(H,47,48)/t20-,23-,24-,25-,26-,27-/m0/s1. The first-order valence-electron chi connectivity index (χ1n) is 16.0. The summed E-state index contributed by atoms with van der Waals surface area (Å²) in [6.07, 6.45) is 2.89. The highest BCUT2D eigenvalue weighted by atomic mass is 16.4. The molecule has 9 N–H and O–H groups in total. The number of nitrogens with two attached hydrogens (primary N) is 1. The summed E-state index contributed by atoms with van der Waals surface area (Å²) in [5.41, 5.74) is 7.10. The summed E-state index contributed by atoms with van der Waals surface area (Å²) in [4.78, 5) is 84.8. The number of imidazole rings is 1. The molecule has 2 aromatic rings. The molecule has 0 aliphatic rings. The third kappa shape index (κ3) is 12.1. The van der Waals surface area contributed by atoms with Crippen LogP contribution in [0.5, 0.6) is 0 Å². The second-order valence-electron chi connectivity index (χ2n) is 12.9. The van der Waals surface area contributed by atoms with Gasteiger partial charge in [0.1, 0.15) is 30.2 Å². The fourth-order valence-electron chi connectivity index (χ4n) is 4.68. The topological polar surface area (TPSA) is 237 Å². The zero-order chi connectivity index (χ0) is 36.1. The average Bonchev–Trinajstić information content (AvgIpc) is 3.54. The summed E-state index contributed by atoms with van der Waals surface area (Å²) in [7, 11) is 0. The van der Waals surface area contributed by atoms with E-state index in [1.165, 1.54) is 19.4 Å². The van der Waals surface area contributed by atoms with Crippen molar-refractivity contribution in [2.45, 2.75) is 97.6 Å². The van der Waals surface area contributed by atoms with Crippen LogP contribution in [0.25, 0.3) is 0 Å². The van der Waals surface area contributed by atoms with Crippen LogP contribution in [0, 0.1) is 17.8 Å². The van der Waals surface area contributed by atoms with Gasteiger partial charge in [-0.1, -0.05) is 71.9 Å². The van der Waals surface area contributed by atoms with Gasteiger partial charge < -0.3 is 42.4 Å². The Morgan fingerprint density at radius 1 is 0.688 bits per heavy atom. The summed E-state index contributed by atoms with van der Waals surface area (Å²) >= 11 is 0. The Kier molecular flexibility index (Phi) is 15.2. The van der Waals surface area contributed by atoms with E-state index in [0.717, 1.165) is 0 Å². The van der Waals surface area contributed by atoms with Gasteiger partial charge in [-0.15, -0.1) is 0 Å². The summed E-state index contributed by atoms with van der Waals surface area (Å²) < 4.78 is 0. The molecule has 0 saturated carbocycles. The van der Waals surface area contributed by atoms with E-state index in [4.69, 9.17) is 5.73 Å². The number of benzene rings is 1. The van der Waals surface area contributed by atoms with Crippen LogP contribution < -0.4 is 32.3 Å². The van der Waals surface area contributed by atoms with E-state index in [1.807, 2.05) is 0 Å². The predicted octanol–water partition coefficient (Wildman–Crippen LogP) is 0.0187. The van der Waals surface area contributed by atoms with Gasteiger partial charge in [0.05, 0.1) is 12.4 Å². The minimum Gasteiger partial charge on any atom is -0.480 e. The van der Waals surface area contributed by atoms with Gasteiger partial charge in [-0.3, -0.25) is 24.0 Å². The number of H-pyrrole nitrogens is 1. The fraction of sp³-hybridized carbons (Fsp3) is 0.545. The van der Waals surface area contributed by atoms with Gasteiger partial charge in [-0.25, -0.2) is 9.78 Å². The normalized spacial score (nSPS) is 15.1. The highest BCUT2D eigenvalue weighted by Gasteiger charge is 2.34. The van der Waals surface area contributed by atoms with Crippen LogP contribution in [0.2, 0.25) is 0 Å². The van der Waals surface area contributed by atoms with Crippen LogP contribution >= 0.6 is 0 Å². The Bertz CT molecular complexity index is 1380. The van der Waals surface area contributed by atoms with Crippen molar-refractivity contribution < 1.29 is 33.9 Å². The van der Waals surface area contributed by atoms with E-state index in [1.54, 1.807) is 71.9 Å². The SMILES string of the molecule is CC(C)[C@H](N)C(=O)N[C@@H](C)C(=O)N[C@H](C(=O)N[C@@H](Cc1cnc[nH]1)C(=O)N[C@H](C(=O)N[C@@H](Cc1ccccc1)C(=O)O)C(C)C)C(C)C. The number of nitrogens with zero attached hydrogens (tertiary/aromatic N) is 1. The van der Waals surface area contributed by atoms with Gasteiger partial charge in [0, 0.05) is 24.7 Å². The Hall–Kier alpha value is -4.79. The van der Waals surface area contributed by atoms with Gasteiger partial charge in [0.15, 0.2) is 0 Å². The molecule has 0 spiro atoms. The van der Waals surface area contributed by atoms with E-state index >= 15 is 0 Å². The summed E-state index contributed by atoms with van der Waals surface area (Å²) in [6, 6.07) is 2.30. The fourth-order valence-corrected chi connectivity index (χ4v) is 4.68. The number of nitrogens with one attached hydrogen (secondary N) is 6. The van der Waals surface area contributed by atoms with Gasteiger partial charge in [-0.05, 0) is 30.2 Å². The molecule has 6 atom stereocenters. The Morgan fingerprint density at radius 2 is 1.23 bits per heavy atom. The largest absolute Gasteiger partial charge is 0.480 e. The van der Waals surface area contributed by atoms with E-state index in [2.05, 4.69) is 36.6 Å². The maximum Gasteiger partial charge on any atom is 0.326 e. The zero-order valence-corrected chi connectivity index (χ0v) is 28.6. The molecular weight excluding hydrogens is 620 g/mol. The van der Waals surface area contributed by atoms with E-state index in [9.17, 15) is 33.9 Å². The first-order valence-corrected chi connectivity index (χ1v) is 16.0. The number of carboxylic acids is 1. The van der Waals surface area contributed by atoms with Crippen molar-refractivity contribution in [3.05, 3.63) is 54.1 Å². The molecule has 0 aliphatic carbocycles. The predicted molar refractivity (Wildman–Crippen MR) is 178 cm³/mol. The lowest BCUT2D eigenvalue weighted by molar-refractivity contribution is -0.142. The van der Waals surface area contributed by atoms with Gasteiger partial charge in [0.2, 0.25) is 29.5 Å². The molecule has 5 amide bonds. The van der Waals surface area contributed by atoms with Gasteiger partial charge in [-0.2, -0.15) is 0 Å². The molecule has 0 unspecified atom stereocenters. The highest BCUT2D eigenvalue weighted by molar-refractivity contribution is 5.96. The number of aromatic amines is 1. The molecule has 0 radical (unpaired) electrons. The van der Waals surface area contributed by atoms with Crippen LogP contribution in [0.1, 0.15) is 59.7 Å². The van der Waals surface area contributed by atoms with Crippen LogP contribution in [0.15, 0.2) is 42.9 Å². The quantitative estimate of drug-likeness (QED) is 0.107. The number of aromatic nitrogens is 2. The molecule has 2 rings (SSSR count). The lowest BCUT2D eigenvalue weighted by atomic mass is 9.99. The molecule has 15 nitrogen and oxygen atoms in total. The lowest BCUT2D eigenvalue weighted by Gasteiger charge is -2.29. The van der Waals surface area contributed by atoms with Crippen molar-refractivity contribution in [3.8, 4) is 0 Å². The average molecular weight is 671 g/mol. The maximum atomic E-state index is 13.7. The highest BCUT2D eigenvalue weighted by Crippen LogP contribution is 2.10. The molecule has 0 saturated heterocycles. The third-order valence-corrected chi connectivity index (χ3v) is 7.78. The molecule has 1 aromatic carbocycles. The molecule has 264 valence electrons. The zero-order valence-electron chi connectivity index (χ0n) is 28.6. The first kappa shape index (κ1) is 39.4. The molecule has 0 fully saturated rings. The second-order valence-corrected chi connectivity index (χ2v) is 12.9. The monoisotopic (exact) mass is 670 g/mol. The number of carboxylic acid groups (broad SMARTS) is 1. The molecule has 0 bridgehead atoms. The molecule has 48 heavy (non-hydrogen) atoms. The number of carbonyl (C=O) groups excluding carboxylic acids is 5. The number of hydrogen-bond acceptors (Lipinski definition) is 8. The number of rotatable bonds is 18. The van der Waals surface area contributed by atoms with Crippen LogP contribution in [0.3, 0.4) is 0 Å². The Labute approximate surface area is 281 Å². The number of carbonyl (C=O) groups is 6. The smallest absolute Gasteiger partial charge is 0.326 e. The summed E-state index contributed by atoms with van der Waals surface area (Å²) in [5, 5.41) is 22.9. The lowest BCUT2D eigenvalue weighted by Crippen LogP contribution is -2.61. The van der Waals surface area contributed by atoms with Crippen molar-refractivity contribution in [1.82, 2.24) is 36.6 Å². The van der Waals surface area contributed by atoms with Crippen molar-refractivity contribution in [2.75, 3.05) is 0 Å². The molecular formula is C33H50N8O7. The summed E-state index contributed by atoms with van der Waals surface area (Å²) in [5.74, 6) is -5.46. The Balaban J connectivity index is 2.21. The van der Waals surface area contributed by atoms with Gasteiger partial charge in [0.25, 0.3) is 0 Å². The number of amides is 5. The molecule has 1 aromatic heterocycles. The minimum absolute atomic E-state index is 0.0337. The molecule has 0 aliphatic heterocycles. The number of aliphatic carboxylic acids is 1. The minimum atomic E-state index is -1.25. The number of hydrogen-bond donors (Lipinski definition) is 8. The van der Waals surface area contributed by atoms with Crippen molar-refractivity contribution in [2.24, 2.45) is 23.5 Å². The van der Waals surface area contributed by atoms with Gasteiger partial charge >= 0.3 is 5.97 Å². The van der Waals surface area contributed by atoms with Crippen LogP contribution in [0.4, 0.5) is 0 Å². The van der Waals surface area contributed by atoms with E-state index in [0.29, 0.717) is 11.3 Å². The van der Waals surface area contributed by atoms with Crippen molar-refractivity contribution in [3.63, 3.8) is 0 Å². The Morgan fingerprint density at radius 3 is 1.71 bits per heavy atom. The van der Waals surface area contributed by atoms with Crippen LogP contribution in [-0.4, -0.2) is 86.8 Å². The van der Waals surface area contributed by atoms with Crippen LogP contribution in [-0.2, 0) is 41.6 Å². The second kappa shape index (κ2) is 18.5. The third-order valence-electron chi connectivity index (χ3n) is 7.78.